The molecule has 2 aliphatic heterocycles. The van der Waals surface area contributed by atoms with Crippen LogP contribution in [-0.2, 0) is 32.3 Å². The van der Waals surface area contributed by atoms with Crippen LogP contribution in [0.15, 0.2) is 36.4 Å². The van der Waals surface area contributed by atoms with Crippen molar-refractivity contribution in [1.82, 2.24) is 0 Å². The van der Waals surface area contributed by atoms with Crippen LogP contribution in [0.25, 0.3) is 0 Å². The van der Waals surface area contributed by atoms with Gasteiger partial charge < -0.3 is 23.8 Å². The van der Waals surface area contributed by atoms with Gasteiger partial charge in [0.2, 0.25) is 5.91 Å². The van der Waals surface area contributed by atoms with Crippen molar-refractivity contribution in [1.29, 1.82) is 0 Å². The van der Waals surface area contributed by atoms with Crippen LogP contribution >= 0.6 is 0 Å². The number of hydrogen-bond acceptors (Lipinski definition) is 8. The first kappa shape index (κ1) is 20.6. The Bertz CT molecular complexity index is 1040. The minimum absolute atomic E-state index is 0.00820. The highest BCUT2D eigenvalue weighted by atomic mass is 16.7. The highest BCUT2D eigenvalue weighted by Crippen LogP contribution is 2.35. The zero-order chi connectivity index (χ0) is 22.0. The molecule has 0 saturated carbocycles. The van der Waals surface area contributed by atoms with E-state index in [-0.39, 0.29) is 44.6 Å². The molecule has 0 aromatic heterocycles. The third-order valence-corrected chi connectivity index (χ3v) is 5.19. The van der Waals surface area contributed by atoms with Crippen molar-refractivity contribution in [3.8, 4) is 11.5 Å². The molecule has 1 saturated heterocycles. The molecule has 10 heteroatoms. The number of methoxy groups -OCH3 is 1. The molecule has 31 heavy (non-hydrogen) atoms. The van der Waals surface area contributed by atoms with E-state index in [2.05, 4.69) is 0 Å². The van der Waals surface area contributed by atoms with Crippen molar-refractivity contribution in [3.05, 3.63) is 57.6 Å². The average molecular weight is 428 g/mol. The molecule has 0 spiro atoms. The maximum absolute atomic E-state index is 12.7. The molecular formula is C21H20N2O8. The van der Waals surface area contributed by atoms with Gasteiger partial charge in [0.1, 0.15) is 18.1 Å². The van der Waals surface area contributed by atoms with Crippen molar-refractivity contribution in [2.45, 2.75) is 19.6 Å². The van der Waals surface area contributed by atoms with Crippen molar-refractivity contribution in [2.75, 3.05) is 25.3 Å². The van der Waals surface area contributed by atoms with E-state index in [9.17, 15) is 19.7 Å². The summed E-state index contributed by atoms with van der Waals surface area (Å²) in [5, 5.41) is 11.2. The molecule has 10 nitrogen and oxygen atoms in total. The first-order valence-electron chi connectivity index (χ1n) is 9.58. The summed E-state index contributed by atoms with van der Waals surface area (Å²) in [5.41, 5.74) is 1.35. The summed E-state index contributed by atoms with van der Waals surface area (Å²) in [7, 11) is 1.51. The van der Waals surface area contributed by atoms with Crippen molar-refractivity contribution >= 4 is 23.3 Å². The van der Waals surface area contributed by atoms with Crippen molar-refractivity contribution < 1.29 is 33.5 Å². The Morgan fingerprint density at radius 3 is 2.90 bits per heavy atom. The monoisotopic (exact) mass is 428 g/mol. The molecule has 2 aliphatic rings. The van der Waals surface area contributed by atoms with Crippen molar-refractivity contribution in [3.63, 3.8) is 0 Å². The molecule has 1 atom stereocenters. The summed E-state index contributed by atoms with van der Waals surface area (Å²) >= 11 is 0. The van der Waals surface area contributed by atoms with Crippen LogP contribution in [0.4, 0.5) is 11.4 Å². The number of esters is 1. The smallest absolute Gasteiger partial charge is 0.311 e. The number of nitrogens with zero attached hydrogens (tertiary/aromatic N) is 2. The van der Waals surface area contributed by atoms with E-state index >= 15 is 0 Å². The predicted octanol–water partition coefficient (Wildman–Crippen LogP) is 2.57. The zero-order valence-electron chi connectivity index (χ0n) is 16.7. The van der Waals surface area contributed by atoms with Gasteiger partial charge in [-0.25, -0.2) is 0 Å². The van der Waals surface area contributed by atoms with Crippen LogP contribution in [0.5, 0.6) is 11.5 Å². The Kier molecular flexibility index (Phi) is 5.72. The second-order valence-corrected chi connectivity index (χ2v) is 7.15. The minimum atomic E-state index is -0.656. The lowest BCUT2D eigenvalue weighted by Crippen LogP contribution is -2.26. The number of anilines is 1. The number of nitro benzene ring substituents is 1. The van der Waals surface area contributed by atoms with E-state index in [1.54, 1.807) is 24.3 Å². The van der Waals surface area contributed by atoms with Gasteiger partial charge in [0.25, 0.3) is 5.69 Å². The molecule has 162 valence electrons. The molecule has 2 aromatic rings. The summed E-state index contributed by atoms with van der Waals surface area (Å²) < 4.78 is 21.3. The fourth-order valence-electron chi connectivity index (χ4n) is 3.71. The van der Waals surface area contributed by atoms with Crippen LogP contribution < -0.4 is 14.4 Å². The molecule has 0 radical (unpaired) electrons. The lowest BCUT2D eigenvalue weighted by Gasteiger charge is -2.21. The molecule has 4 rings (SSSR count). The number of carbonyl (C=O) groups excluding carboxylic acids is 2. The molecule has 0 unspecified atom stereocenters. The molecular weight excluding hydrogens is 408 g/mol. The fraction of sp³-hybridized carbons (Fsp3) is 0.333. The number of rotatable bonds is 6. The Morgan fingerprint density at radius 2 is 2.13 bits per heavy atom. The lowest BCUT2D eigenvalue weighted by molar-refractivity contribution is -0.385. The third kappa shape index (κ3) is 4.15. The lowest BCUT2D eigenvalue weighted by atomic mass is 10.1. The fourth-order valence-corrected chi connectivity index (χ4v) is 3.71. The Hall–Kier alpha value is -3.66. The molecule has 1 fully saturated rings. The topological polar surface area (TPSA) is 117 Å². The number of ether oxygens (including phenoxy) is 4. The van der Waals surface area contributed by atoms with Crippen LogP contribution in [0.3, 0.4) is 0 Å². The maximum atomic E-state index is 12.7. The number of fused-ring (bicyclic) bond motifs is 1. The van der Waals surface area contributed by atoms with Gasteiger partial charge in [-0.15, -0.1) is 0 Å². The largest absolute Gasteiger partial charge is 0.495 e. The Morgan fingerprint density at radius 1 is 1.32 bits per heavy atom. The standard InChI is InChI=1S/C21H20N2O8/c1-28-18-5-3-2-4-17(18)22-9-13(8-19(22)24)21(25)30-11-15-7-16(23(26)27)6-14-10-29-12-31-20(14)15/h2-7,13H,8-12H2,1H3/t13-/m1/s1. The van der Waals surface area contributed by atoms with E-state index in [4.69, 9.17) is 18.9 Å². The van der Waals surface area contributed by atoms with Crippen LogP contribution in [0, 0.1) is 16.0 Å². The number of nitro groups is 1. The number of benzene rings is 2. The second-order valence-electron chi connectivity index (χ2n) is 7.15. The van der Waals surface area contributed by atoms with E-state index in [1.807, 2.05) is 0 Å². The Balaban J connectivity index is 1.47. The summed E-state index contributed by atoms with van der Waals surface area (Å²) in [6.45, 7) is 0.136. The normalized spacial score (nSPS) is 17.6. The number of carbonyl (C=O) groups is 2. The molecule has 2 aromatic carbocycles. The second kappa shape index (κ2) is 8.60. The van der Waals surface area contributed by atoms with Crippen LogP contribution in [0.1, 0.15) is 17.5 Å². The van der Waals surface area contributed by atoms with Gasteiger partial charge in [-0.3, -0.25) is 19.7 Å². The first-order chi connectivity index (χ1) is 15.0. The van der Waals surface area contributed by atoms with Crippen molar-refractivity contribution in [2.24, 2.45) is 5.92 Å². The minimum Gasteiger partial charge on any atom is -0.495 e. The molecule has 0 bridgehead atoms. The highest BCUT2D eigenvalue weighted by molar-refractivity contribution is 6.00. The van der Waals surface area contributed by atoms with Crippen LogP contribution in [0.2, 0.25) is 0 Å². The molecule has 2 heterocycles. The van der Waals surface area contributed by atoms with Gasteiger partial charge in [0, 0.05) is 36.2 Å². The number of para-hydroxylation sites is 2. The maximum Gasteiger partial charge on any atom is 0.311 e. The summed E-state index contributed by atoms with van der Waals surface area (Å²) in [6.07, 6.45) is 0.00820. The Labute approximate surface area is 177 Å². The first-order valence-corrected chi connectivity index (χ1v) is 9.58. The number of hydrogen-bond donors (Lipinski definition) is 0. The summed E-state index contributed by atoms with van der Waals surface area (Å²) in [5.74, 6) is -0.468. The van der Waals surface area contributed by atoms with E-state index in [0.717, 1.165) is 0 Å². The quantitative estimate of drug-likeness (QED) is 0.391. The molecule has 1 amide bonds. The van der Waals surface area contributed by atoms with Crippen LogP contribution in [-0.4, -0.2) is 37.2 Å². The summed E-state index contributed by atoms with van der Waals surface area (Å²) in [4.78, 5) is 37.3. The molecule has 0 aliphatic carbocycles. The van der Waals surface area contributed by atoms with Gasteiger partial charge in [-0.2, -0.15) is 0 Å². The number of amides is 1. The molecule has 0 N–H and O–H groups in total. The SMILES string of the molecule is COc1ccccc1N1C[C@H](C(=O)OCc2cc([N+](=O)[O-])cc3c2OCOC3)CC1=O. The van der Waals surface area contributed by atoms with E-state index in [1.165, 1.54) is 24.1 Å². The van der Waals surface area contributed by atoms with E-state index in [0.29, 0.717) is 28.3 Å². The van der Waals surface area contributed by atoms with Gasteiger partial charge >= 0.3 is 5.97 Å². The number of non-ortho nitro benzene ring substituents is 1. The summed E-state index contributed by atoms with van der Waals surface area (Å²) in [6, 6.07) is 9.76. The zero-order valence-corrected chi connectivity index (χ0v) is 16.7. The highest BCUT2D eigenvalue weighted by Gasteiger charge is 2.37. The average Bonchev–Trinajstić information content (AvgIpc) is 3.18. The van der Waals surface area contributed by atoms with Gasteiger partial charge in [0.05, 0.1) is 30.2 Å². The third-order valence-electron chi connectivity index (χ3n) is 5.19. The predicted molar refractivity (Wildman–Crippen MR) is 107 cm³/mol. The van der Waals surface area contributed by atoms with E-state index < -0.39 is 16.8 Å². The van der Waals surface area contributed by atoms with Gasteiger partial charge in [0.15, 0.2) is 6.79 Å². The van der Waals surface area contributed by atoms with Gasteiger partial charge in [-0.05, 0) is 12.1 Å². The van der Waals surface area contributed by atoms with Gasteiger partial charge in [-0.1, -0.05) is 12.1 Å².